The highest BCUT2D eigenvalue weighted by atomic mass is 16.6. The maximum Gasteiger partial charge on any atom is 0.409 e. The van der Waals surface area contributed by atoms with Crippen LogP contribution in [0.25, 0.3) is 0 Å². The third-order valence-electron chi connectivity index (χ3n) is 6.68. The van der Waals surface area contributed by atoms with Crippen molar-refractivity contribution in [3.63, 3.8) is 0 Å². The van der Waals surface area contributed by atoms with Crippen molar-refractivity contribution < 1.29 is 14.6 Å². The third-order valence-corrected chi connectivity index (χ3v) is 6.68. The second-order valence-corrected chi connectivity index (χ2v) is 8.36. The molecule has 1 aromatic rings. The van der Waals surface area contributed by atoms with Gasteiger partial charge >= 0.3 is 6.09 Å². The van der Waals surface area contributed by atoms with Crippen LogP contribution in [0.1, 0.15) is 44.9 Å². The standard InChI is InChI=1S/C19H30N4O3/c1-3-26-17(24)23-8-4-18(14-23)12-15(13-18)22-9-5-19(25,6-10-22)16-20-7-11-21(16)2/h7,11,15,25H,3-6,8-10,12-14H2,1-2H3. The van der Waals surface area contributed by atoms with E-state index in [1.807, 2.05) is 29.6 Å². The molecular formula is C19H30N4O3. The molecule has 3 heterocycles. The Labute approximate surface area is 154 Å². The highest BCUT2D eigenvalue weighted by molar-refractivity contribution is 5.68. The summed E-state index contributed by atoms with van der Waals surface area (Å²) in [5.41, 5.74) is -0.505. The van der Waals surface area contributed by atoms with Crippen LogP contribution in [-0.2, 0) is 17.4 Å². The van der Waals surface area contributed by atoms with Crippen LogP contribution in [0.3, 0.4) is 0 Å². The Morgan fingerprint density at radius 3 is 2.65 bits per heavy atom. The molecule has 0 atom stereocenters. The molecule has 7 heteroatoms. The number of piperidine rings is 1. The molecule has 2 aliphatic heterocycles. The average Bonchev–Trinajstić information content (AvgIpc) is 3.22. The molecular weight excluding hydrogens is 332 g/mol. The highest BCUT2D eigenvalue weighted by Gasteiger charge is 2.52. The normalized spacial score (nSPS) is 31.2. The molecule has 7 nitrogen and oxygen atoms in total. The molecule has 0 unspecified atom stereocenters. The van der Waals surface area contributed by atoms with E-state index >= 15 is 0 Å². The highest BCUT2D eigenvalue weighted by Crippen LogP contribution is 2.51. The lowest BCUT2D eigenvalue weighted by molar-refractivity contribution is -0.0727. The Morgan fingerprint density at radius 2 is 2.04 bits per heavy atom. The number of imidazole rings is 1. The molecule has 26 heavy (non-hydrogen) atoms. The molecule has 0 aromatic carbocycles. The van der Waals surface area contributed by atoms with Crippen molar-refractivity contribution in [1.29, 1.82) is 0 Å². The minimum atomic E-state index is -0.801. The monoisotopic (exact) mass is 362 g/mol. The second-order valence-electron chi connectivity index (χ2n) is 8.36. The molecule has 0 bridgehead atoms. The molecule has 3 aliphatic rings. The number of aryl methyl sites for hydroxylation is 1. The summed E-state index contributed by atoms with van der Waals surface area (Å²) in [7, 11) is 1.94. The van der Waals surface area contributed by atoms with E-state index in [4.69, 9.17) is 4.74 Å². The van der Waals surface area contributed by atoms with Crippen LogP contribution in [0, 0.1) is 5.41 Å². The summed E-state index contributed by atoms with van der Waals surface area (Å²) >= 11 is 0. The molecule has 1 saturated carbocycles. The van der Waals surface area contributed by atoms with Crippen LogP contribution in [0.2, 0.25) is 0 Å². The minimum Gasteiger partial charge on any atom is -0.450 e. The maximum absolute atomic E-state index is 11.9. The van der Waals surface area contributed by atoms with Crippen LogP contribution in [0.4, 0.5) is 4.79 Å². The molecule has 1 N–H and O–H groups in total. The van der Waals surface area contributed by atoms with Gasteiger partial charge in [-0.1, -0.05) is 0 Å². The molecule has 1 aliphatic carbocycles. The molecule has 0 radical (unpaired) electrons. The van der Waals surface area contributed by atoms with Gasteiger partial charge in [-0.25, -0.2) is 9.78 Å². The Bertz CT molecular complexity index is 659. The fraction of sp³-hybridized carbons (Fsp3) is 0.789. The number of nitrogens with zero attached hydrogens (tertiary/aromatic N) is 4. The van der Waals surface area contributed by atoms with E-state index in [-0.39, 0.29) is 6.09 Å². The Balaban J connectivity index is 1.29. The van der Waals surface area contributed by atoms with E-state index < -0.39 is 5.60 Å². The summed E-state index contributed by atoms with van der Waals surface area (Å²) in [5, 5.41) is 11.0. The van der Waals surface area contributed by atoms with E-state index in [2.05, 4.69) is 9.88 Å². The zero-order valence-electron chi connectivity index (χ0n) is 15.9. The number of hydrogen-bond donors (Lipinski definition) is 1. The van der Waals surface area contributed by atoms with Crippen molar-refractivity contribution in [2.75, 3.05) is 32.8 Å². The molecule has 1 amide bonds. The molecule has 4 rings (SSSR count). The van der Waals surface area contributed by atoms with Gasteiger partial charge in [-0.15, -0.1) is 0 Å². The quantitative estimate of drug-likeness (QED) is 0.886. The minimum absolute atomic E-state index is 0.161. The number of amides is 1. The van der Waals surface area contributed by atoms with Crippen molar-refractivity contribution in [2.45, 2.75) is 50.7 Å². The molecule has 3 fully saturated rings. The Hall–Kier alpha value is -1.60. The van der Waals surface area contributed by atoms with Crippen LogP contribution in [0.15, 0.2) is 12.4 Å². The second kappa shape index (κ2) is 6.53. The van der Waals surface area contributed by atoms with E-state index in [1.165, 1.54) is 0 Å². The number of likely N-dealkylation sites (tertiary alicyclic amines) is 2. The van der Waals surface area contributed by atoms with Crippen molar-refractivity contribution in [3.05, 3.63) is 18.2 Å². The summed E-state index contributed by atoms with van der Waals surface area (Å²) < 4.78 is 7.07. The van der Waals surface area contributed by atoms with Gasteiger partial charge in [0.15, 0.2) is 0 Å². The van der Waals surface area contributed by atoms with Gasteiger partial charge < -0.3 is 24.2 Å². The average molecular weight is 362 g/mol. The number of rotatable bonds is 3. The van der Waals surface area contributed by atoms with Crippen LogP contribution < -0.4 is 0 Å². The van der Waals surface area contributed by atoms with E-state index in [0.717, 1.165) is 64.1 Å². The SMILES string of the molecule is CCOC(=O)N1CCC2(CC(N3CCC(O)(c4nccn4C)CC3)C2)C1. The molecule has 1 aromatic heterocycles. The first-order valence-electron chi connectivity index (χ1n) is 9.81. The Kier molecular flexibility index (Phi) is 4.47. The van der Waals surface area contributed by atoms with Crippen molar-refractivity contribution in [3.8, 4) is 0 Å². The number of carbonyl (C=O) groups is 1. The number of hydrogen-bond acceptors (Lipinski definition) is 5. The smallest absolute Gasteiger partial charge is 0.409 e. The number of aromatic nitrogens is 2. The summed E-state index contributed by atoms with van der Waals surface area (Å²) in [6.45, 7) is 5.78. The Morgan fingerprint density at radius 1 is 1.31 bits per heavy atom. The van der Waals surface area contributed by atoms with E-state index in [9.17, 15) is 9.90 Å². The van der Waals surface area contributed by atoms with Gasteiger partial charge in [0, 0.05) is 51.7 Å². The van der Waals surface area contributed by atoms with Gasteiger partial charge in [0.1, 0.15) is 11.4 Å². The van der Waals surface area contributed by atoms with E-state index in [1.54, 1.807) is 6.20 Å². The fourth-order valence-electron chi connectivity index (χ4n) is 5.13. The number of ether oxygens (including phenoxy) is 1. The summed E-state index contributed by atoms with van der Waals surface area (Å²) in [5.74, 6) is 0.781. The number of carbonyl (C=O) groups excluding carboxylic acids is 1. The van der Waals surface area contributed by atoms with Gasteiger partial charge in [-0.05, 0) is 44.4 Å². The van der Waals surface area contributed by atoms with Gasteiger partial charge in [-0.3, -0.25) is 0 Å². The van der Waals surface area contributed by atoms with Gasteiger partial charge in [0.25, 0.3) is 0 Å². The third kappa shape index (κ3) is 3.01. The van der Waals surface area contributed by atoms with Crippen molar-refractivity contribution in [1.82, 2.24) is 19.4 Å². The summed E-state index contributed by atoms with van der Waals surface area (Å²) in [4.78, 5) is 20.7. The lowest BCUT2D eigenvalue weighted by Crippen LogP contribution is -2.56. The zero-order chi connectivity index (χ0) is 18.4. The summed E-state index contributed by atoms with van der Waals surface area (Å²) in [6.07, 6.45) is 8.36. The first-order chi connectivity index (χ1) is 12.4. The zero-order valence-corrected chi connectivity index (χ0v) is 15.9. The fourth-order valence-corrected chi connectivity index (χ4v) is 5.13. The van der Waals surface area contributed by atoms with E-state index in [0.29, 0.717) is 18.1 Å². The van der Waals surface area contributed by atoms with Crippen molar-refractivity contribution in [2.24, 2.45) is 12.5 Å². The van der Waals surface area contributed by atoms with Crippen LogP contribution >= 0.6 is 0 Å². The largest absolute Gasteiger partial charge is 0.450 e. The molecule has 144 valence electrons. The molecule has 1 spiro atoms. The first kappa shape index (κ1) is 17.8. The van der Waals surface area contributed by atoms with Gasteiger partial charge in [0.2, 0.25) is 0 Å². The van der Waals surface area contributed by atoms with Gasteiger partial charge in [-0.2, -0.15) is 0 Å². The topological polar surface area (TPSA) is 70.8 Å². The lowest BCUT2D eigenvalue weighted by Gasteiger charge is -2.52. The van der Waals surface area contributed by atoms with Crippen molar-refractivity contribution >= 4 is 6.09 Å². The van der Waals surface area contributed by atoms with Crippen LogP contribution in [-0.4, -0.2) is 69.4 Å². The predicted molar refractivity (Wildman–Crippen MR) is 96.6 cm³/mol. The van der Waals surface area contributed by atoms with Gasteiger partial charge in [0.05, 0.1) is 6.61 Å². The number of aliphatic hydroxyl groups is 1. The first-order valence-corrected chi connectivity index (χ1v) is 9.81. The molecule has 2 saturated heterocycles. The summed E-state index contributed by atoms with van der Waals surface area (Å²) in [6, 6.07) is 0.586. The maximum atomic E-state index is 11.9. The lowest BCUT2D eigenvalue weighted by atomic mass is 9.64. The predicted octanol–water partition coefficient (Wildman–Crippen LogP) is 1.71. The van der Waals surface area contributed by atoms with Crippen LogP contribution in [0.5, 0.6) is 0 Å².